The van der Waals surface area contributed by atoms with Crippen molar-refractivity contribution < 1.29 is 14.1 Å². The Hall–Kier alpha value is -2.16. The Kier molecular flexibility index (Phi) is 3.28. The standard InChI is InChI=1S/C13H12NO2/c15-13(11-14-9-5-2-6-10-14)16-12-7-3-1-4-8-12/h1-10H,11H2/q+1. The molecule has 0 fully saturated rings. The molecule has 0 amide bonds. The van der Waals surface area contributed by atoms with Crippen molar-refractivity contribution in [2.45, 2.75) is 6.54 Å². The molecule has 0 atom stereocenters. The molecule has 0 aliphatic heterocycles. The fourth-order valence-electron chi connectivity index (χ4n) is 1.34. The maximum atomic E-state index is 11.5. The van der Waals surface area contributed by atoms with Gasteiger partial charge < -0.3 is 4.74 Å². The number of aromatic nitrogens is 1. The Morgan fingerprint density at radius 3 is 2.31 bits per heavy atom. The summed E-state index contributed by atoms with van der Waals surface area (Å²) in [6.07, 6.45) is 3.65. The van der Waals surface area contributed by atoms with Gasteiger partial charge in [-0.3, -0.25) is 0 Å². The van der Waals surface area contributed by atoms with Gasteiger partial charge in [-0.15, -0.1) is 0 Å². The lowest BCUT2D eigenvalue weighted by Crippen LogP contribution is -2.38. The van der Waals surface area contributed by atoms with E-state index < -0.39 is 0 Å². The predicted octanol–water partition coefficient (Wildman–Crippen LogP) is 1.58. The van der Waals surface area contributed by atoms with Gasteiger partial charge in [-0.1, -0.05) is 24.3 Å². The second-order valence-corrected chi connectivity index (χ2v) is 3.33. The van der Waals surface area contributed by atoms with Gasteiger partial charge in [0.2, 0.25) is 6.54 Å². The molecule has 3 heteroatoms. The van der Waals surface area contributed by atoms with Crippen LogP contribution in [-0.4, -0.2) is 5.97 Å². The number of rotatable bonds is 3. The summed E-state index contributed by atoms with van der Waals surface area (Å²) in [5, 5.41) is 0. The SMILES string of the molecule is O=C(C[n+]1ccccc1)Oc1ccccc1. The molecule has 0 bridgehead atoms. The van der Waals surface area contributed by atoms with E-state index in [9.17, 15) is 4.79 Å². The van der Waals surface area contributed by atoms with E-state index in [0.717, 1.165) is 0 Å². The summed E-state index contributed by atoms with van der Waals surface area (Å²) in [4.78, 5) is 11.5. The van der Waals surface area contributed by atoms with Crippen LogP contribution in [0.1, 0.15) is 0 Å². The topological polar surface area (TPSA) is 30.2 Å². The van der Waals surface area contributed by atoms with Gasteiger partial charge in [-0.05, 0) is 12.1 Å². The molecule has 1 aromatic heterocycles. The molecule has 0 aliphatic carbocycles. The first-order valence-corrected chi connectivity index (χ1v) is 5.04. The van der Waals surface area contributed by atoms with Gasteiger partial charge in [-0.2, -0.15) is 4.57 Å². The molecular formula is C13H12NO2+. The molecule has 0 saturated carbocycles. The maximum Gasteiger partial charge on any atom is 0.378 e. The van der Waals surface area contributed by atoms with Crippen molar-refractivity contribution in [3.63, 3.8) is 0 Å². The second kappa shape index (κ2) is 5.07. The third-order valence-electron chi connectivity index (χ3n) is 2.06. The fourth-order valence-corrected chi connectivity index (χ4v) is 1.34. The average Bonchev–Trinajstić information content (AvgIpc) is 2.31. The van der Waals surface area contributed by atoms with Crippen molar-refractivity contribution in [2.24, 2.45) is 0 Å². The van der Waals surface area contributed by atoms with Crippen molar-refractivity contribution in [3.8, 4) is 5.75 Å². The first-order valence-electron chi connectivity index (χ1n) is 5.04. The Morgan fingerprint density at radius 2 is 1.62 bits per heavy atom. The normalized spacial score (nSPS) is 9.75. The summed E-state index contributed by atoms with van der Waals surface area (Å²) >= 11 is 0. The quantitative estimate of drug-likeness (QED) is 0.441. The Labute approximate surface area is 93.9 Å². The first kappa shape index (κ1) is 10.4. The van der Waals surface area contributed by atoms with E-state index in [1.54, 1.807) is 16.7 Å². The van der Waals surface area contributed by atoms with Crippen molar-refractivity contribution in [1.29, 1.82) is 0 Å². The van der Waals surface area contributed by atoms with E-state index in [-0.39, 0.29) is 12.5 Å². The van der Waals surface area contributed by atoms with Crippen LogP contribution in [0.3, 0.4) is 0 Å². The maximum absolute atomic E-state index is 11.5. The lowest BCUT2D eigenvalue weighted by atomic mass is 10.3. The zero-order chi connectivity index (χ0) is 11.2. The van der Waals surface area contributed by atoms with E-state index in [1.807, 2.05) is 48.8 Å². The molecule has 80 valence electrons. The van der Waals surface area contributed by atoms with Gasteiger partial charge in [0, 0.05) is 12.1 Å². The molecule has 0 aliphatic rings. The van der Waals surface area contributed by atoms with Gasteiger partial charge >= 0.3 is 5.97 Å². The molecule has 16 heavy (non-hydrogen) atoms. The van der Waals surface area contributed by atoms with Gasteiger partial charge in [-0.25, -0.2) is 4.79 Å². The van der Waals surface area contributed by atoms with Crippen LogP contribution in [0.5, 0.6) is 5.75 Å². The second-order valence-electron chi connectivity index (χ2n) is 3.33. The Bertz CT molecular complexity index is 410. The minimum absolute atomic E-state index is 0.218. The van der Waals surface area contributed by atoms with Crippen LogP contribution in [0.25, 0.3) is 0 Å². The van der Waals surface area contributed by atoms with Crippen LogP contribution < -0.4 is 9.30 Å². The fraction of sp³-hybridized carbons (Fsp3) is 0.0769. The highest BCUT2D eigenvalue weighted by atomic mass is 16.5. The lowest BCUT2D eigenvalue weighted by molar-refractivity contribution is -0.685. The summed E-state index contributed by atoms with van der Waals surface area (Å²) in [7, 11) is 0. The smallest absolute Gasteiger partial charge is 0.378 e. The Balaban J connectivity index is 1.95. The van der Waals surface area contributed by atoms with Crippen LogP contribution in [-0.2, 0) is 11.3 Å². The van der Waals surface area contributed by atoms with Crippen LogP contribution >= 0.6 is 0 Å². The van der Waals surface area contributed by atoms with Crippen LogP contribution in [0.15, 0.2) is 60.9 Å². The van der Waals surface area contributed by atoms with Crippen molar-refractivity contribution >= 4 is 5.97 Å². The highest BCUT2D eigenvalue weighted by Gasteiger charge is 2.10. The molecule has 0 radical (unpaired) electrons. The zero-order valence-electron chi connectivity index (χ0n) is 8.74. The van der Waals surface area contributed by atoms with Crippen molar-refractivity contribution in [3.05, 3.63) is 60.9 Å². The molecule has 0 N–H and O–H groups in total. The highest BCUT2D eigenvalue weighted by Crippen LogP contribution is 2.08. The van der Waals surface area contributed by atoms with E-state index in [2.05, 4.69) is 0 Å². The number of hydrogen-bond donors (Lipinski definition) is 0. The molecule has 0 unspecified atom stereocenters. The monoisotopic (exact) mass is 214 g/mol. The number of esters is 1. The van der Waals surface area contributed by atoms with Crippen LogP contribution in [0, 0.1) is 0 Å². The molecular weight excluding hydrogens is 202 g/mol. The first-order chi connectivity index (χ1) is 7.84. The summed E-state index contributed by atoms with van der Waals surface area (Å²) in [6.45, 7) is 0.218. The highest BCUT2D eigenvalue weighted by molar-refractivity contribution is 5.70. The van der Waals surface area contributed by atoms with Crippen LogP contribution in [0.2, 0.25) is 0 Å². The number of nitrogens with zero attached hydrogens (tertiary/aromatic N) is 1. The molecule has 2 rings (SSSR count). The molecule has 1 aromatic carbocycles. The number of carbonyl (C=O) groups excluding carboxylic acids is 1. The predicted molar refractivity (Wildman–Crippen MR) is 58.7 cm³/mol. The third kappa shape index (κ3) is 2.92. The number of ether oxygens (including phenoxy) is 1. The summed E-state index contributed by atoms with van der Waals surface area (Å²) in [5.74, 6) is 0.298. The van der Waals surface area contributed by atoms with Gasteiger partial charge in [0.1, 0.15) is 5.75 Å². The van der Waals surface area contributed by atoms with E-state index in [4.69, 9.17) is 4.74 Å². The molecule has 0 spiro atoms. The van der Waals surface area contributed by atoms with Crippen molar-refractivity contribution in [2.75, 3.05) is 0 Å². The molecule has 1 heterocycles. The number of pyridine rings is 1. The number of carbonyl (C=O) groups is 1. The molecule has 3 nitrogen and oxygen atoms in total. The Morgan fingerprint density at radius 1 is 1.00 bits per heavy atom. The third-order valence-corrected chi connectivity index (χ3v) is 2.06. The van der Waals surface area contributed by atoms with Crippen molar-refractivity contribution in [1.82, 2.24) is 0 Å². The van der Waals surface area contributed by atoms with Gasteiger partial charge in [0.15, 0.2) is 12.4 Å². The minimum atomic E-state index is -0.276. The summed E-state index contributed by atoms with van der Waals surface area (Å²) in [6, 6.07) is 14.7. The number of benzene rings is 1. The average molecular weight is 214 g/mol. The summed E-state index contributed by atoms with van der Waals surface area (Å²) < 4.78 is 6.93. The number of para-hydroxylation sites is 1. The summed E-state index contributed by atoms with van der Waals surface area (Å²) in [5.41, 5.74) is 0. The van der Waals surface area contributed by atoms with Gasteiger partial charge in [0.05, 0.1) is 0 Å². The largest absolute Gasteiger partial charge is 0.422 e. The lowest BCUT2D eigenvalue weighted by Gasteiger charge is -2.00. The minimum Gasteiger partial charge on any atom is -0.422 e. The van der Waals surface area contributed by atoms with Crippen LogP contribution in [0.4, 0.5) is 0 Å². The molecule has 0 saturated heterocycles. The van der Waals surface area contributed by atoms with E-state index in [1.165, 1.54) is 0 Å². The van der Waals surface area contributed by atoms with E-state index >= 15 is 0 Å². The number of hydrogen-bond acceptors (Lipinski definition) is 2. The zero-order valence-corrected chi connectivity index (χ0v) is 8.74. The molecule has 2 aromatic rings. The van der Waals surface area contributed by atoms with Gasteiger partial charge in [0.25, 0.3) is 0 Å². The van der Waals surface area contributed by atoms with E-state index in [0.29, 0.717) is 5.75 Å².